The number of rotatable bonds is 7. The Kier molecular flexibility index (Phi) is 5.70. The summed E-state index contributed by atoms with van der Waals surface area (Å²) in [6, 6.07) is 11.3. The van der Waals surface area contributed by atoms with E-state index in [0.29, 0.717) is 12.3 Å². The number of hydrogen-bond donors (Lipinski definition) is 1. The molecule has 0 saturated heterocycles. The van der Waals surface area contributed by atoms with Crippen molar-refractivity contribution in [2.24, 2.45) is 0 Å². The summed E-state index contributed by atoms with van der Waals surface area (Å²) in [5.74, 6) is -0.0540. The molecule has 4 nitrogen and oxygen atoms in total. The van der Waals surface area contributed by atoms with E-state index >= 15 is 0 Å². The summed E-state index contributed by atoms with van der Waals surface area (Å²) in [7, 11) is 0. The fraction of sp³-hybridized carbons (Fsp3) is 0.250. The molecule has 0 atom stereocenters. The van der Waals surface area contributed by atoms with Crippen molar-refractivity contribution in [3.05, 3.63) is 60.2 Å². The van der Waals surface area contributed by atoms with Gasteiger partial charge in [-0.25, -0.2) is 4.39 Å². The predicted molar refractivity (Wildman–Crippen MR) is 77.5 cm³/mol. The quantitative estimate of drug-likeness (QED) is 0.796. The topological polar surface area (TPSA) is 51.2 Å². The van der Waals surface area contributed by atoms with Gasteiger partial charge in [0.05, 0.1) is 0 Å². The molecule has 0 bridgehead atoms. The summed E-state index contributed by atoms with van der Waals surface area (Å²) in [6.07, 6.45) is 3.39. The molecule has 5 heteroatoms. The molecule has 0 spiro atoms. The van der Waals surface area contributed by atoms with Gasteiger partial charge in [-0.15, -0.1) is 0 Å². The van der Waals surface area contributed by atoms with E-state index in [2.05, 4.69) is 10.3 Å². The van der Waals surface area contributed by atoms with E-state index < -0.39 is 0 Å². The van der Waals surface area contributed by atoms with Gasteiger partial charge in [-0.2, -0.15) is 0 Å². The highest BCUT2D eigenvalue weighted by Gasteiger charge is 2.02. The lowest BCUT2D eigenvalue weighted by atomic mass is 10.2. The second kappa shape index (κ2) is 7.99. The summed E-state index contributed by atoms with van der Waals surface area (Å²) in [5, 5.41) is 2.77. The van der Waals surface area contributed by atoms with Gasteiger partial charge in [0.1, 0.15) is 11.6 Å². The SMILES string of the molecule is O=C(COc1ccc(F)cc1)NCCCc1ccccn1. The van der Waals surface area contributed by atoms with Crippen LogP contribution >= 0.6 is 0 Å². The summed E-state index contributed by atoms with van der Waals surface area (Å²) >= 11 is 0. The molecule has 1 aromatic carbocycles. The van der Waals surface area contributed by atoms with E-state index in [0.717, 1.165) is 18.5 Å². The highest BCUT2D eigenvalue weighted by Crippen LogP contribution is 2.10. The first kappa shape index (κ1) is 15.0. The molecule has 1 amide bonds. The fourth-order valence-electron chi connectivity index (χ4n) is 1.77. The summed E-state index contributed by atoms with van der Waals surface area (Å²) in [6.45, 7) is 0.497. The van der Waals surface area contributed by atoms with E-state index in [1.54, 1.807) is 6.20 Å². The number of nitrogens with zero attached hydrogens (tertiary/aromatic N) is 1. The maximum Gasteiger partial charge on any atom is 0.257 e. The molecular formula is C16H17FN2O2. The third-order valence-electron chi connectivity index (χ3n) is 2.84. The van der Waals surface area contributed by atoms with Gasteiger partial charge in [0.15, 0.2) is 6.61 Å². The highest BCUT2D eigenvalue weighted by atomic mass is 19.1. The van der Waals surface area contributed by atoms with Crippen LogP contribution in [0.1, 0.15) is 12.1 Å². The Morgan fingerprint density at radius 3 is 2.71 bits per heavy atom. The Balaban J connectivity index is 1.60. The molecule has 1 N–H and O–H groups in total. The minimum absolute atomic E-state index is 0.0742. The Morgan fingerprint density at radius 1 is 1.19 bits per heavy atom. The van der Waals surface area contributed by atoms with E-state index in [-0.39, 0.29) is 18.3 Å². The minimum Gasteiger partial charge on any atom is -0.484 e. The van der Waals surface area contributed by atoms with Gasteiger partial charge in [-0.1, -0.05) is 6.07 Å². The van der Waals surface area contributed by atoms with Gasteiger partial charge < -0.3 is 10.1 Å². The Hall–Kier alpha value is -2.43. The molecule has 0 aliphatic carbocycles. The molecule has 0 saturated carbocycles. The van der Waals surface area contributed by atoms with Gasteiger partial charge in [-0.3, -0.25) is 9.78 Å². The van der Waals surface area contributed by atoms with E-state index in [4.69, 9.17) is 4.74 Å². The second-order valence-corrected chi connectivity index (χ2v) is 4.52. The number of hydrogen-bond acceptors (Lipinski definition) is 3. The summed E-state index contributed by atoms with van der Waals surface area (Å²) < 4.78 is 17.9. The first-order chi connectivity index (χ1) is 10.2. The molecule has 0 fully saturated rings. The van der Waals surface area contributed by atoms with Crippen molar-refractivity contribution in [1.82, 2.24) is 10.3 Å². The van der Waals surface area contributed by atoms with Crippen molar-refractivity contribution in [1.29, 1.82) is 0 Å². The van der Waals surface area contributed by atoms with Crippen molar-refractivity contribution in [3.8, 4) is 5.75 Å². The summed E-state index contributed by atoms with van der Waals surface area (Å²) in [5.41, 5.74) is 1.01. The molecule has 0 aliphatic heterocycles. The molecule has 2 rings (SSSR count). The zero-order valence-corrected chi connectivity index (χ0v) is 11.6. The van der Waals surface area contributed by atoms with Gasteiger partial charge in [0.2, 0.25) is 0 Å². The average Bonchev–Trinajstić information content (AvgIpc) is 2.52. The van der Waals surface area contributed by atoms with Crippen LogP contribution in [0.5, 0.6) is 5.75 Å². The number of pyridine rings is 1. The minimum atomic E-state index is -0.332. The van der Waals surface area contributed by atoms with Crippen LogP contribution in [0.2, 0.25) is 0 Å². The number of benzene rings is 1. The number of aryl methyl sites for hydroxylation is 1. The lowest BCUT2D eigenvalue weighted by Gasteiger charge is -2.07. The Bertz CT molecular complexity index is 558. The maximum atomic E-state index is 12.7. The second-order valence-electron chi connectivity index (χ2n) is 4.52. The van der Waals surface area contributed by atoms with Crippen LogP contribution in [-0.4, -0.2) is 24.0 Å². The first-order valence-corrected chi connectivity index (χ1v) is 6.79. The lowest BCUT2D eigenvalue weighted by Crippen LogP contribution is -2.29. The van der Waals surface area contributed by atoms with Crippen LogP contribution in [0.25, 0.3) is 0 Å². The van der Waals surface area contributed by atoms with Crippen molar-refractivity contribution in [2.75, 3.05) is 13.2 Å². The van der Waals surface area contributed by atoms with E-state index in [1.165, 1.54) is 24.3 Å². The zero-order valence-electron chi connectivity index (χ0n) is 11.6. The van der Waals surface area contributed by atoms with Crippen LogP contribution in [0.15, 0.2) is 48.7 Å². The van der Waals surface area contributed by atoms with Crippen LogP contribution in [0, 0.1) is 5.82 Å². The normalized spacial score (nSPS) is 10.1. The van der Waals surface area contributed by atoms with Crippen molar-refractivity contribution in [3.63, 3.8) is 0 Å². The number of nitrogens with one attached hydrogen (secondary N) is 1. The summed E-state index contributed by atoms with van der Waals surface area (Å²) in [4.78, 5) is 15.8. The third kappa shape index (κ3) is 5.60. The predicted octanol–water partition coefficient (Wildman–Crippen LogP) is 2.35. The molecule has 0 radical (unpaired) electrons. The number of amides is 1. The highest BCUT2D eigenvalue weighted by molar-refractivity contribution is 5.77. The Morgan fingerprint density at radius 2 is 2.00 bits per heavy atom. The zero-order chi connectivity index (χ0) is 14.9. The molecule has 21 heavy (non-hydrogen) atoms. The fourth-order valence-corrected chi connectivity index (χ4v) is 1.77. The van der Waals surface area contributed by atoms with Gasteiger partial charge >= 0.3 is 0 Å². The molecular weight excluding hydrogens is 271 g/mol. The third-order valence-corrected chi connectivity index (χ3v) is 2.84. The average molecular weight is 288 g/mol. The van der Waals surface area contributed by atoms with Crippen LogP contribution in [0.3, 0.4) is 0 Å². The monoisotopic (exact) mass is 288 g/mol. The van der Waals surface area contributed by atoms with Gasteiger partial charge in [0.25, 0.3) is 5.91 Å². The van der Waals surface area contributed by atoms with Crippen LogP contribution in [0.4, 0.5) is 4.39 Å². The number of aromatic nitrogens is 1. The molecule has 2 aromatic rings. The molecule has 1 aromatic heterocycles. The largest absolute Gasteiger partial charge is 0.484 e. The van der Waals surface area contributed by atoms with Gasteiger partial charge in [0, 0.05) is 18.4 Å². The number of carbonyl (C=O) groups excluding carboxylic acids is 1. The maximum absolute atomic E-state index is 12.7. The molecule has 0 unspecified atom stereocenters. The first-order valence-electron chi connectivity index (χ1n) is 6.79. The standard InChI is InChI=1S/C16H17FN2O2/c17-13-6-8-15(9-7-13)21-12-16(20)19-11-3-5-14-4-1-2-10-18-14/h1-2,4,6-10H,3,5,11-12H2,(H,19,20). The van der Waals surface area contributed by atoms with Crippen molar-refractivity contribution in [2.45, 2.75) is 12.8 Å². The van der Waals surface area contributed by atoms with Gasteiger partial charge in [-0.05, 0) is 49.2 Å². The van der Waals surface area contributed by atoms with E-state index in [9.17, 15) is 9.18 Å². The molecule has 1 heterocycles. The molecule has 0 aliphatic rings. The number of halogens is 1. The Labute approximate surface area is 123 Å². The van der Waals surface area contributed by atoms with Crippen molar-refractivity contribution >= 4 is 5.91 Å². The van der Waals surface area contributed by atoms with Crippen LogP contribution < -0.4 is 10.1 Å². The number of ether oxygens (including phenoxy) is 1. The van der Waals surface area contributed by atoms with Crippen molar-refractivity contribution < 1.29 is 13.9 Å². The lowest BCUT2D eigenvalue weighted by molar-refractivity contribution is -0.123. The number of carbonyl (C=O) groups is 1. The molecule has 110 valence electrons. The van der Waals surface area contributed by atoms with E-state index in [1.807, 2.05) is 18.2 Å². The smallest absolute Gasteiger partial charge is 0.257 e. The van der Waals surface area contributed by atoms with Crippen LogP contribution in [-0.2, 0) is 11.2 Å².